The predicted octanol–water partition coefficient (Wildman–Crippen LogP) is 5.37. The van der Waals surface area contributed by atoms with Crippen molar-refractivity contribution >= 4 is 92.5 Å². The lowest BCUT2D eigenvalue weighted by molar-refractivity contribution is -0.137. The average Bonchev–Trinajstić information content (AvgIpc) is 0.866. The standard InChI is InChI=1S/C66H70N14O12/c1-41(2)58(74-53(81)15-4-3-5-32-78-54(82)24-25-55(78)83)60(85)73-50(14-8-27-71-65(67)90)59(84)72-43-18-16-42(17-19-43)38-92-66(91)75(36-37-80-62(87)47-13-7-11-45-52(77-34-29-70-40-77)23-21-49(57(45)47)64(80)89)31-9-26-68-30-35-79-61(86)46-12-6-10-44-51(76-33-28-69-39-76)22-20-48(56(44)46)63(79)88/h6-7,10-13,16-25,28-29,33-34,39-41,50,58,68H,3-5,8-9,14-15,26-27,30-32,35-38H2,1-2H3,(H,72,84)(H,73,85)(H,74,81)(H3,67,71,90)/t50-,58?/m0/s1. The van der Waals surface area contributed by atoms with Crippen LogP contribution in [0.25, 0.3) is 32.9 Å². The van der Waals surface area contributed by atoms with Crippen molar-refractivity contribution in [3.05, 3.63) is 162 Å². The number of hydrogen-bond acceptors (Lipinski definition) is 15. The Kier molecular flexibility index (Phi) is 20.3. The van der Waals surface area contributed by atoms with E-state index in [4.69, 9.17) is 10.5 Å². The first-order valence-corrected chi connectivity index (χ1v) is 30.5. The van der Waals surface area contributed by atoms with Gasteiger partial charge in [0.25, 0.3) is 35.4 Å². The van der Waals surface area contributed by atoms with E-state index < -0.39 is 65.6 Å². The van der Waals surface area contributed by atoms with Crippen LogP contribution in [0.2, 0.25) is 0 Å². The molecule has 10 rings (SSSR count). The van der Waals surface area contributed by atoms with Gasteiger partial charge in [0.2, 0.25) is 17.7 Å². The SMILES string of the molecule is CC(C)C(NC(=O)CCCCCN1C(=O)C=CC1=O)C(=O)N[C@@H](CCCNC(N)=O)C(=O)Nc1ccc(COC(=O)N(CCCNCCN2C(=O)c3cccc4c(-n5ccnc5)ccc(c34)C2=O)CCN2C(=O)c3cccc4c(-n5ccnc5)ccc(c34)C2=O)cc1. The number of nitrogens with zero attached hydrogens (tertiary/aromatic N) is 8. The number of anilines is 1. The fourth-order valence-corrected chi connectivity index (χ4v) is 11.5. The summed E-state index contributed by atoms with van der Waals surface area (Å²) in [5.41, 5.74) is 9.12. The van der Waals surface area contributed by atoms with E-state index in [2.05, 4.69) is 36.6 Å². The summed E-state index contributed by atoms with van der Waals surface area (Å²) in [6.45, 7) is 4.09. The number of ether oxygens (including phenoxy) is 1. The minimum absolute atomic E-state index is 0.0641. The minimum Gasteiger partial charge on any atom is -0.445 e. The van der Waals surface area contributed by atoms with Gasteiger partial charge in [0.1, 0.15) is 18.7 Å². The Balaban J connectivity index is 0.759. The molecule has 2 atom stereocenters. The number of urea groups is 1. The number of rotatable bonds is 30. The molecule has 476 valence electrons. The number of nitrogens with two attached hydrogens (primary N) is 1. The molecule has 3 aliphatic rings. The Labute approximate surface area is 528 Å². The summed E-state index contributed by atoms with van der Waals surface area (Å²) in [5, 5.41) is 16.6. The molecule has 5 heterocycles. The second-order valence-electron chi connectivity index (χ2n) is 22.8. The Bertz CT molecular complexity index is 3950. The molecule has 7 N–H and O–H groups in total. The highest BCUT2D eigenvalue weighted by atomic mass is 16.6. The van der Waals surface area contributed by atoms with Gasteiger partial charge in [-0.3, -0.25) is 57.9 Å². The molecule has 0 fully saturated rings. The van der Waals surface area contributed by atoms with Crippen LogP contribution in [-0.4, -0.2) is 168 Å². The molecule has 0 bridgehead atoms. The van der Waals surface area contributed by atoms with Gasteiger partial charge in [-0.15, -0.1) is 0 Å². The molecule has 26 nitrogen and oxygen atoms in total. The zero-order chi connectivity index (χ0) is 65.0. The predicted molar refractivity (Wildman–Crippen MR) is 337 cm³/mol. The number of amides is 12. The van der Waals surface area contributed by atoms with E-state index in [1.165, 1.54) is 22.0 Å². The highest BCUT2D eigenvalue weighted by molar-refractivity contribution is 6.27. The number of primary amides is 1. The van der Waals surface area contributed by atoms with E-state index >= 15 is 0 Å². The first-order valence-electron chi connectivity index (χ1n) is 30.5. The van der Waals surface area contributed by atoms with Gasteiger partial charge in [0.15, 0.2) is 0 Å². The Morgan fingerprint density at radius 1 is 0.587 bits per heavy atom. The third kappa shape index (κ3) is 14.6. The van der Waals surface area contributed by atoms with E-state index in [1.807, 2.05) is 22.8 Å². The highest BCUT2D eigenvalue weighted by Crippen LogP contribution is 2.35. The summed E-state index contributed by atoms with van der Waals surface area (Å²) in [6.07, 6.45) is 14.1. The third-order valence-corrected chi connectivity index (χ3v) is 16.3. The number of carbonyl (C=O) groups is 11. The van der Waals surface area contributed by atoms with Crippen LogP contribution in [0.15, 0.2) is 135 Å². The molecule has 1 unspecified atom stereocenters. The summed E-state index contributed by atoms with van der Waals surface area (Å²) in [7, 11) is 0. The van der Waals surface area contributed by atoms with Crippen LogP contribution in [0.5, 0.6) is 0 Å². The topological polar surface area (TPSA) is 332 Å². The minimum atomic E-state index is -1.12. The number of carbonyl (C=O) groups excluding carboxylic acids is 11. The summed E-state index contributed by atoms with van der Waals surface area (Å²) >= 11 is 0. The van der Waals surface area contributed by atoms with Crippen molar-refractivity contribution in [3.63, 3.8) is 0 Å². The maximum Gasteiger partial charge on any atom is 0.410 e. The first kappa shape index (κ1) is 64.1. The molecule has 0 radical (unpaired) electrons. The Morgan fingerprint density at radius 2 is 1.17 bits per heavy atom. The molecule has 5 aromatic carbocycles. The molecular formula is C66H70N14O12. The second-order valence-corrected chi connectivity index (χ2v) is 22.8. The normalized spacial score (nSPS) is 14.1. The second kappa shape index (κ2) is 29.2. The smallest absolute Gasteiger partial charge is 0.410 e. The maximum atomic E-state index is 14.2. The molecule has 26 heteroatoms. The molecule has 7 aromatic rings. The summed E-state index contributed by atoms with van der Waals surface area (Å²) in [5.74, 6) is -4.61. The van der Waals surface area contributed by atoms with Crippen molar-refractivity contribution in [2.45, 2.75) is 77.5 Å². The van der Waals surface area contributed by atoms with Crippen LogP contribution in [0.3, 0.4) is 0 Å². The van der Waals surface area contributed by atoms with Crippen LogP contribution in [-0.2, 0) is 35.3 Å². The van der Waals surface area contributed by atoms with E-state index in [0.717, 1.165) is 26.6 Å². The van der Waals surface area contributed by atoms with Gasteiger partial charge in [0.05, 0.1) is 24.0 Å². The number of nitrogens with one attached hydrogen (secondary N) is 5. The van der Waals surface area contributed by atoms with E-state index in [1.54, 1.807) is 123 Å². The Morgan fingerprint density at radius 3 is 1.74 bits per heavy atom. The van der Waals surface area contributed by atoms with Crippen LogP contribution in [0.1, 0.15) is 106 Å². The van der Waals surface area contributed by atoms with Crippen molar-refractivity contribution in [3.8, 4) is 11.4 Å². The van der Waals surface area contributed by atoms with Crippen molar-refractivity contribution in [1.82, 2.24) is 60.0 Å². The van der Waals surface area contributed by atoms with Gasteiger partial charge < -0.3 is 51.1 Å². The number of unbranched alkanes of at least 4 members (excludes halogenated alkanes) is 2. The fourth-order valence-electron chi connectivity index (χ4n) is 11.5. The highest BCUT2D eigenvalue weighted by Gasteiger charge is 2.36. The van der Waals surface area contributed by atoms with Crippen molar-refractivity contribution in [2.75, 3.05) is 57.7 Å². The van der Waals surface area contributed by atoms with Crippen LogP contribution in [0.4, 0.5) is 15.3 Å². The average molecular weight is 1250 g/mol. The molecule has 0 saturated carbocycles. The van der Waals surface area contributed by atoms with Crippen molar-refractivity contribution in [1.29, 1.82) is 0 Å². The number of imidazole rings is 2. The lowest BCUT2D eigenvalue weighted by Gasteiger charge is -2.30. The van der Waals surface area contributed by atoms with Crippen molar-refractivity contribution < 1.29 is 57.5 Å². The summed E-state index contributed by atoms with van der Waals surface area (Å²) < 4.78 is 9.47. The molecule has 0 aliphatic carbocycles. The quantitative estimate of drug-likeness (QED) is 0.0243. The van der Waals surface area contributed by atoms with Gasteiger partial charge in [0, 0.05) is 139 Å². The number of aromatic nitrogens is 4. The van der Waals surface area contributed by atoms with E-state index in [0.29, 0.717) is 81.9 Å². The lowest BCUT2D eigenvalue weighted by Crippen LogP contribution is -2.54. The van der Waals surface area contributed by atoms with Gasteiger partial charge in [-0.1, -0.05) is 56.7 Å². The number of hydrogen-bond donors (Lipinski definition) is 6. The first-order chi connectivity index (χ1) is 44.5. The molecule has 12 amide bonds. The zero-order valence-corrected chi connectivity index (χ0v) is 50.8. The van der Waals surface area contributed by atoms with Crippen LogP contribution in [0, 0.1) is 5.92 Å². The van der Waals surface area contributed by atoms with Crippen LogP contribution >= 0.6 is 0 Å². The Hall–Kier alpha value is -10.9. The third-order valence-electron chi connectivity index (χ3n) is 16.3. The van der Waals surface area contributed by atoms with Crippen molar-refractivity contribution in [2.24, 2.45) is 11.7 Å². The van der Waals surface area contributed by atoms with Gasteiger partial charge in [-0.05, 0) is 98.7 Å². The molecule has 0 spiro atoms. The molecule has 2 aromatic heterocycles. The monoisotopic (exact) mass is 1250 g/mol. The van der Waals surface area contributed by atoms with Gasteiger partial charge >= 0.3 is 12.1 Å². The zero-order valence-electron chi connectivity index (χ0n) is 50.8. The van der Waals surface area contributed by atoms with E-state index in [9.17, 15) is 52.7 Å². The van der Waals surface area contributed by atoms with Gasteiger partial charge in [-0.25, -0.2) is 19.6 Å². The van der Waals surface area contributed by atoms with Crippen LogP contribution < -0.4 is 32.3 Å². The molecule has 92 heavy (non-hydrogen) atoms. The fraction of sp³-hybridized carbons (Fsp3) is 0.318. The number of imide groups is 3. The molecule has 3 aliphatic heterocycles. The van der Waals surface area contributed by atoms with E-state index in [-0.39, 0.29) is 89.4 Å². The van der Waals surface area contributed by atoms with Gasteiger partial charge in [-0.2, -0.15) is 0 Å². The largest absolute Gasteiger partial charge is 0.445 e. The lowest BCUT2D eigenvalue weighted by atomic mass is 9.93. The maximum absolute atomic E-state index is 14.2. The molecule has 0 saturated heterocycles. The summed E-state index contributed by atoms with van der Waals surface area (Å²) in [6, 6.07) is 21.2. The number of benzene rings is 5. The molecular weight excluding hydrogens is 1180 g/mol. The summed E-state index contributed by atoms with van der Waals surface area (Å²) in [4.78, 5) is 159.